The fourth-order valence-electron chi connectivity index (χ4n) is 8.79. The van der Waals surface area contributed by atoms with E-state index in [9.17, 15) is 9.00 Å². The summed E-state index contributed by atoms with van der Waals surface area (Å²) in [5.74, 6) is 1.96. The second-order valence-corrected chi connectivity index (χ2v) is 17.7. The summed E-state index contributed by atoms with van der Waals surface area (Å²) in [6, 6.07) is 11.9. The Morgan fingerprint density at radius 1 is 1.07 bits per heavy atom. The Morgan fingerprint density at radius 3 is 2.61 bits per heavy atom. The van der Waals surface area contributed by atoms with Crippen LogP contribution in [0.3, 0.4) is 0 Å². The lowest BCUT2D eigenvalue weighted by Gasteiger charge is -2.52. The summed E-state index contributed by atoms with van der Waals surface area (Å²) >= 11 is 6.51. The standard InChI is InChI=1S/C41H55ClN6O5S/c1-5-7-30-20-34(42)11-12-35(30)33-23-48-22-32-9-13-36(32)41(51-4,26-47-18-16-46(17-19-47)24-39-43-27-53-44-39)15-6-8-28(2)29(3)54(50)45-40(49)31-10-14-38(52-25-33)37(48)21-31/h6,10-12,14-15,20-21,27-29,32-33,36H,5,7-9,13,16-19,22-26H2,1-4H3,(H,45,49)/b15-6+. The molecule has 1 N–H and O–H groups in total. The molecular weight excluding hydrogens is 724 g/mol. The molecule has 3 aromatic rings. The van der Waals surface area contributed by atoms with Crippen molar-refractivity contribution in [1.29, 1.82) is 0 Å². The van der Waals surface area contributed by atoms with Gasteiger partial charge in [0.2, 0.25) is 6.39 Å². The predicted octanol–water partition coefficient (Wildman–Crippen LogP) is 6.27. The summed E-state index contributed by atoms with van der Waals surface area (Å²) < 4.78 is 34.6. The van der Waals surface area contributed by atoms with Crippen molar-refractivity contribution in [3.05, 3.63) is 82.5 Å². The van der Waals surface area contributed by atoms with Gasteiger partial charge >= 0.3 is 0 Å². The lowest BCUT2D eigenvalue weighted by molar-refractivity contribution is -0.0956. The number of aryl methyl sites for hydroxylation is 1. The molecule has 1 saturated heterocycles. The van der Waals surface area contributed by atoms with Crippen molar-refractivity contribution in [3.63, 3.8) is 0 Å². The Kier molecular flexibility index (Phi) is 12.4. The number of allylic oxidation sites excluding steroid dienone is 1. The first-order valence-electron chi connectivity index (χ1n) is 19.6. The number of rotatable bonds is 8. The Bertz CT molecular complexity index is 1800. The van der Waals surface area contributed by atoms with E-state index in [-0.39, 0.29) is 28.9 Å². The molecule has 0 radical (unpaired) electrons. The minimum absolute atomic E-state index is 0.0778. The van der Waals surface area contributed by atoms with Crippen LogP contribution in [0, 0.1) is 17.8 Å². The Labute approximate surface area is 327 Å². The Morgan fingerprint density at radius 2 is 1.89 bits per heavy atom. The highest BCUT2D eigenvalue weighted by Gasteiger charge is 2.48. The van der Waals surface area contributed by atoms with E-state index in [4.69, 9.17) is 25.6 Å². The molecule has 4 aliphatic rings. The number of carbonyl (C=O) groups excluding carboxylic acids is 1. The van der Waals surface area contributed by atoms with E-state index in [0.29, 0.717) is 30.5 Å². The van der Waals surface area contributed by atoms with Gasteiger partial charge in [-0.05, 0) is 91.8 Å². The maximum atomic E-state index is 13.6. The minimum atomic E-state index is -1.56. The fraction of sp³-hybridized carbons (Fsp3) is 0.585. The molecule has 7 unspecified atom stereocenters. The van der Waals surface area contributed by atoms with Crippen LogP contribution in [0.1, 0.15) is 79.7 Å². The summed E-state index contributed by atoms with van der Waals surface area (Å²) in [5.41, 5.74) is 3.40. The van der Waals surface area contributed by atoms with E-state index < -0.39 is 16.6 Å². The van der Waals surface area contributed by atoms with Crippen LogP contribution in [-0.2, 0) is 28.7 Å². The van der Waals surface area contributed by atoms with Gasteiger partial charge in [-0.3, -0.25) is 19.3 Å². The highest BCUT2D eigenvalue weighted by atomic mass is 35.5. The molecular formula is C41H55ClN6O5S. The van der Waals surface area contributed by atoms with Gasteiger partial charge in [0.1, 0.15) is 22.3 Å². The maximum absolute atomic E-state index is 13.6. The number of methoxy groups -OCH3 is 1. The highest BCUT2D eigenvalue weighted by molar-refractivity contribution is 7.84. The van der Waals surface area contributed by atoms with Crippen LogP contribution in [0.25, 0.3) is 0 Å². The van der Waals surface area contributed by atoms with E-state index in [1.165, 1.54) is 17.5 Å². The molecule has 7 atom stereocenters. The Balaban J connectivity index is 1.21. The monoisotopic (exact) mass is 778 g/mol. The van der Waals surface area contributed by atoms with Crippen LogP contribution in [0.4, 0.5) is 5.69 Å². The number of anilines is 1. The first-order valence-corrected chi connectivity index (χ1v) is 21.2. The van der Waals surface area contributed by atoms with Crippen molar-refractivity contribution in [2.24, 2.45) is 17.8 Å². The molecule has 7 rings (SSSR count). The summed E-state index contributed by atoms with van der Waals surface area (Å²) in [7, 11) is 0.308. The number of aromatic nitrogens is 2. The third kappa shape index (κ3) is 8.58. The number of hydrogen-bond donors (Lipinski definition) is 1. The molecule has 2 aromatic carbocycles. The van der Waals surface area contributed by atoms with Gasteiger partial charge < -0.3 is 18.9 Å². The maximum Gasteiger partial charge on any atom is 0.263 e. The second kappa shape index (κ2) is 17.2. The third-order valence-electron chi connectivity index (χ3n) is 12.3. The summed E-state index contributed by atoms with van der Waals surface area (Å²) in [5, 5.41) is 4.52. The van der Waals surface area contributed by atoms with Crippen LogP contribution < -0.4 is 14.4 Å². The van der Waals surface area contributed by atoms with Gasteiger partial charge in [0.05, 0.1) is 24.1 Å². The highest BCUT2D eigenvalue weighted by Crippen LogP contribution is 2.47. The van der Waals surface area contributed by atoms with Crippen molar-refractivity contribution >= 4 is 34.2 Å². The molecule has 0 spiro atoms. The fourth-order valence-corrected chi connectivity index (χ4v) is 10.0. The van der Waals surface area contributed by atoms with Crippen LogP contribution in [0.2, 0.25) is 5.02 Å². The van der Waals surface area contributed by atoms with Crippen LogP contribution >= 0.6 is 11.6 Å². The lowest BCUT2D eigenvalue weighted by Crippen LogP contribution is -2.58. The first-order chi connectivity index (χ1) is 26.2. The van der Waals surface area contributed by atoms with Gasteiger partial charge in [-0.1, -0.05) is 55.2 Å². The van der Waals surface area contributed by atoms with Gasteiger partial charge in [-0.25, -0.2) is 4.21 Å². The topological polar surface area (TPSA) is 113 Å². The van der Waals surface area contributed by atoms with E-state index >= 15 is 0 Å². The average molecular weight is 779 g/mol. The van der Waals surface area contributed by atoms with Crippen molar-refractivity contribution in [2.45, 2.75) is 76.2 Å². The number of hydrogen-bond acceptors (Lipinski definition) is 10. The van der Waals surface area contributed by atoms with Crippen molar-refractivity contribution in [1.82, 2.24) is 24.7 Å². The SMILES string of the molecule is CCCc1cc(Cl)ccc1C1COc2ccc3cc2N(C1)CC1CCC1C(CN1CCN(Cc2ncon2)CC1)(OC)/C=C/CC(C)C(C)S(=O)NC3=O. The lowest BCUT2D eigenvalue weighted by atomic mass is 9.63. The van der Waals surface area contributed by atoms with Crippen LogP contribution in [-0.4, -0.2) is 100 Å². The number of halogens is 1. The number of carbonyl (C=O) groups is 1. The van der Waals surface area contributed by atoms with E-state index in [1.54, 1.807) is 6.07 Å². The number of fused-ring (bicyclic) bond motifs is 2. The second-order valence-electron chi connectivity index (χ2n) is 15.7. The van der Waals surface area contributed by atoms with Crippen molar-refractivity contribution < 1.29 is 23.0 Å². The number of benzene rings is 2. The van der Waals surface area contributed by atoms with Gasteiger partial charge in [0.15, 0.2) is 5.82 Å². The molecule has 2 fully saturated rings. The summed E-state index contributed by atoms with van der Waals surface area (Å²) in [4.78, 5) is 25.2. The summed E-state index contributed by atoms with van der Waals surface area (Å²) in [6.45, 7) is 13.4. The molecule has 292 valence electrons. The zero-order valence-corrected chi connectivity index (χ0v) is 33.6. The molecule has 1 saturated carbocycles. The largest absolute Gasteiger partial charge is 0.491 e. The predicted molar refractivity (Wildman–Crippen MR) is 212 cm³/mol. The van der Waals surface area contributed by atoms with E-state index in [0.717, 1.165) is 94.4 Å². The smallest absolute Gasteiger partial charge is 0.263 e. The molecule has 1 amide bonds. The van der Waals surface area contributed by atoms with E-state index in [1.807, 2.05) is 32.2 Å². The number of piperazine rings is 1. The molecule has 2 bridgehead atoms. The van der Waals surface area contributed by atoms with Crippen LogP contribution in [0.15, 0.2) is 59.5 Å². The quantitative estimate of drug-likeness (QED) is 0.263. The number of amides is 1. The normalized spacial score (nSPS) is 30.4. The summed E-state index contributed by atoms with van der Waals surface area (Å²) in [6.07, 6.45) is 10.8. The van der Waals surface area contributed by atoms with Gasteiger partial charge in [-0.15, -0.1) is 0 Å². The zero-order valence-electron chi connectivity index (χ0n) is 32.0. The van der Waals surface area contributed by atoms with Gasteiger partial charge in [0.25, 0.3) is 5.91 Å². The Hall–Kier alpha value is -3.29. The molecule has 1 aliphatic carbocycles. The first kappa shape index (κ1) is 39.0. The van der Waals surface area contributed by atoms with Crippen LogP contribution in [0.5, 0.6) is 5.75 Å². The minimum Gasteiger partial charge on any atom is -0.491 e. The number of ether oxygens (including phenoxy) is 2. The van der Waals surface area contributed by atoms with E-state index in [2.05, 4.69) is 67.7 Å². The average Bonchev–Trinajstić information content (AvgIpc) is 3.60. The molecule has 13 heteroatoms. The van der Waals surface area contributed by atoms with Crippen molar-refractivity contribution in [2.75, 3.05) is 64.4 Å². The van der Waals surface area contributed by atoms with Gasteiger partial charge in [-0.2, -0.15) is 4.98 Å². The molecule has 11 nitrogen and oxygen atoms in total. The molecule has 1 aromatic heterocycles. The molecule has 54 heavy (non-hydrogen) atoms. The third-order valence-corrected chi connectivity index (χ3v) is 14.1. The van der Waals surface area contributed by atoms with Gasteiger partial charge in [0, 0.05) is 69.4 Å². The number of nitrogens with zero attached hydrogens (tertiary/aromatic N) is 5. The van der Waals surface area contributed by atoms with Crippen molar-refractivity contribution in [3.8, 4) is 5.75 Å². The molecule has 4 heterocycles. The molecule has 3 aliphatic heterocycles. The zero-order chi connectivity index (χ0) is 37.8. The number of nitrogens with one attached hydrogen (secondary N) is 1.